The van der Waals surface area contributed by atoms with Gasteiger partial charge in [0.2, 0.25) is 0 Å². The van der Waals surface area contributed by atoms with E-state index in [1.165, 1.54) is 43.5 Å². The number of ether oxygens (including phenoxy) is 1. The van der Waals surface area contributed by atoms with Gasteiger partial charge in [0, 0.05) is 6.07 Å². The molecule has 1 unspecified atom stereocenters. The minimum Gasteiger partial charge on any atom is -0.474 e. The van der Waals surface area contributed by atoms with Crippen LogP contribution in [0.2, 0.25) is 0 Å². The average Bonchev–Trinajstić information content (AvgIpc) is 2.93. The lowest BCUT2D eigenvalue weighted by Gasteiger charge is -2.12. The van der Waals surface area contributed by atoms with E-state index in [-0.39, 0.29) is 16.6 Å². The lowest BCUT2D eigenvalue weighted by Crippen LogP contribution is -2.33. The van der Waals surface area contributed by atoms with Crippen molar-refractivity contribution in [3.05, 3.63) is 56.5 Å². The Hall–Kier alpha value is -2.81. The first-order valence-corrected chi connectivity index (χ1v) is 7.27. The number of hydrogen-bond acceptors (Lipinski definition) is 6. The predicted octanol–water partition coefficient (Wildman–Crippen LogP) is 2.71. The van der Waals surface area contributed by atoms with Crippen LogP contribution in [0.4, 0.5) is 10.1 Å². The van der Waals surface area contributed by atoms with Gasteiger partial charge in [0.25, 0.3) is 5.91 Å². The topological polar surface area (TPSA) is 93.8 Å². The van der Waals surface area contributed by atoms with Crippen molar-refractivity contribution in [3.63, 3.8) is 0 Å². The number of para-hydroxylation sites is 2. The van der Waals surface area contributed by atoms with Crippen molar-refractivity contribution in [2.24, 2.45) is 5.10 Å². The number of rotatable bonds is 6. The van der Waals surface area contributed by atoms with Gasteiger partial charge < -0.3 is 4.74 Å². The molecule has 0 spiro atoms. The molecule has 1 heterocycles. The average molecular weight is 337 g/mol. The number of nitrogens with zero attached hydrogens (tertiary/aromatic N) is 2. The predicted molar refractivity (Wildman–Crippen MR) is 83.2 cm³/mol. The van der Waals surface area contributed by atoms with Gasteiger partial charge in [-0.25, -0.2) is 5.43 Å². The molecule has 23 heavy (non-hydrogen) atoms. The molecule has 0 fully saturated rings. The molecule has 2 aromatic rings. The highest BCUT2D eigenvalue weighted by molar-refractivity contribution is 7.12. The van der Waals surface area contributed by atoms with Crippen LogP contribution in [0.5, 0.6) is 5.75 Å². The number of carbonyl (C=O) groups excluding carboxylic acids is 1. The summed E-state index contributed by atoms with van der Waals surface area (Å²) in [5.74, 6) is -0.596. The molecule has 7 nitrogen and oxygen atoms in total. The van der Waals surface area contributed by atoms with E-state index in [0.29, 0.717) is 4.88 Å². The van der Waals surface area contributed by atoms with E-state index >= 15 is 0 Å². The Morgan fingerprint density at radius 2 is 2.17 bits per heavy atom. The zero-order chi connectivity index (χ0) is 16.8. The molecule has 9 heteroatoms. The molecule has 0 bridgehead atoms. The Morgan fingerprint density at radius 3 is 2.83 bits per heavy atom. The Bertz CT molecular complexity index is 747. The second-order valence-corrected chi connectivity index (χ2v) is 5.43. The molecule has 0 aliphatic rings. The van der Waals surface area contributed by atoms with E-state index in [2.05, 4.69) is 10.5 Å². The SMILES string of the molecule is CC(Oc1ccccc1[N+](=O)[O-])C(=O)N/N=C/c1ccc(F)s1. The molecule has 1 atom stereocenters. The first-order chi connectivity index (χ1) is 11.0. The van der Waals surface area contributed by atoms with Crippen LogP contribution in [-0.2, 0) is 4.79 Å². The molecule has 2 rings (SSSR count). The van der Waals surface area contributed by atoms with Gasteiger partial charge in [-0.05, 0) is 25.1 Å². The Morgan fingerprint density at radius 1 is 1.43 bits per heavy atom. The Kier molecular flexibility index (Phi) is 5.36. The molecule has 0 aliphatic heterocycles. The number of nitro benzene ring substituents is 1. The zero-order valence-corrected chi connectivity index (χ0v) is 12.7. The van der Waals surface area contributed by atoms with Gasteiger partial charge in [0.05, 0.1) is 16.0 Å². The Labute approximate surface area is 134 Å². The summed E-state index contributed by atoms with van der Waals surface area (Å²) in [5, 5.41) is 14.2. The molecular weight excluding hydrogens is 325 g/mol. The first kappa shape index (κ1) is 16.6. The van der Waals surface area contributed by atoms with Crippen molar-refractivity contribution in [3.8, 4) is 5.75 Å². The lowest BCUT2D eigenvalue weighted by molar-refractivity contribution is -0.386. The molecule has 1 amide bonds. The second-order valence-electron chi connectivity index (χ2n) is 4.36. The fourth-order valence-electron chi connectivity index (χ4n) is 1.60. The highest BCUT2D eigenvalue weighted by atomic mass is 32.1. The van der Waals surface area contributed by atoms with Crippen LogP contribution in [0, 0.1) is 15.2 Å². The Balaban J connectivity index is 1.95. The third-order valence-electron chi connectivity index (χ3n) is 2.70. The van der Waals surface area contributed by atoms with Gasteiger partial charge in [-0.15, -0.1) is 11.3 Å². The number of thiophene rings is 1. The molecule has 120 valence electrons. The maximum Gasteiger partial charge on any atom is 0.310 e. The molecule has 0 aliphatic carbocycles. The van der Waals surface area contributed by atoms with Crippen LogP contribution < -0.4 is 10.2 Å². The van der Waals surface area contributed by atoms with Gasteiger partial charge in [-0.2, -0.15) is 9.49 Å². The van der Waals surface area contributed by atoms with Crippen LogP contribution in [0.1, 0.15) is 11.8 Å². The van der Waals surface area contributed by atoms with Crippen molar-refractivity contribution >= 4 is 29.1 Å². The number of nitrogens with one attached hydrogen (secondary N) is 1. The molecule has 1 N–H and O–H groups in total. The number of hydrazone groups is 1. The van der Waals surface area contributed by atoms with E-state index < -0.39 is 16.9 Å². The van der Waals surface area contributed by atoms with Crippen molar-refractivity contribution in [1.29, 1.82) is 0 Å². The molecule has 0 radical (unpaired) electrons. The summed E-state index contributed by atoms with van der Waals surface area (Å²) in [5.41, 5.74) is 2.00. The maximum atomic E-state index is 12.8. The quantitative estimate of drug-likeness (QED) is 0.498. The highest BCUT2D eigenvalue weighted by Crippen LogP contribution is 2.26. The number of amides is 1. The first-order valence-electron chi connectivity index (χ1n) is 6.45. The van der Waals surface area contributed by atoms with Gasteiger partial charge in [0.1, 0.15) is 0 Å². The smallest absolute Gasteiger partial charge is 0.310 e. The summed E-state index contributed by atoms with van der Waals surface area (Å²) in [6.45, 7) is 1.44. The molecule has 0 saturated carbocycles. The highest BCUT2D eigenvalue weighted by Gasteiger charge is 2.20. The lowest BCUT2D eigenvalue weighted by atomic mass is 10.3. The minimum atomic E-state index is -0.992. The number of hydrogen-bond donors (Lipinski definition) is 1. The van der Waals surface area contributed by atoms with Gasteiger partial charge >= 0.3 is 5.69 Å². The number of benzene rings is 1. The van der Waals surface area contributed by atoms with Gasteiger partial charge in [0.15, 0.2) is 17.0 Å². The summed E-state index contributed by atoms with van der Waals surface area (Å²) in [6.07, 6.45) is 0.303. The van der Waals surface area contributed by atoms with E-state index in [4.69, 9.17) is 4.74 Å². The number of carbonyl (C=O) groups is 1. The zero-order valence-electron chi connectivity index (χ0n) is 11.9. The fraction of sp³-hybridized carbons (Fsp3) is 0.143. The van der Waals surface area contributed by atoms with Crippen LogP contribution in [0.25, 0.3) is 0 Å². The largest absolute Gasteiger partial charge is 0.474 e. The second kappa shape index (κ2) is 7.45. The number of halogens is 1. The summed E-state index contributed by atoms with van der Waals surface area (Å²) in [6, 6.07) is 8.55. The molecule has 0 saturated heterocycles. The third-order valence-corrected chi connectivity index (χ3v) is 3.50. The van der Waals surface area contributed by atoms with Crippen LogP contribution in [0.3, 0.4) is 0 Å². The van der Waals surface area contributed by atoms with Gasteiger partial charge in [-0.1, -0.05) is 12.1 Å². The standard InChI is InChI=1S/C14H12FN3O4S/c1-9(22-12-5-3-2-4-11(12)18(20)21)14(19)17-16-8-10-6-7-13(15)23-10/h2-9H,1H3,(H,17,19)/b16-8+. The van der Waals surface area contributed by atoms with E-state index in [1.807, 2.05) is 0 Å². The van der Waals surface area contributed by atoms with Crippen LogP contribution in [0.15, 0.2) is 41.5 Å². The summed E-state index contributed by atoms with van der Waals surface area (Å²) in [7, 11) is 0. The maximum absolute atomic E-state index is 12.8. The molecule has 1 aromatic carbocycles. The van der Waals surface area contributed by atoms with E-state index in [1.54, 1.807) is 6.07 Å². The van der Waals surface area contributed by atoms with E-state index in [9.17, 15) is 19.3 Å². The number of nitro groups is 1. The monoisotopic (exact) mass is 337 g/mol. The van der Waals surface area contributed by atoms with Gasteiger partial charge in [-0.3, -0.25) is 14.9 Å². The van der Waals surface area contributed by atoms with Crippen molar-refractivity contribution in [2.75, 3.05) is 0 Å². The minimum absolute atomic E-state index is 0.00976. The molecular formula is C14H12FN3O4S. The third kappa shape index (κ3) is 4.58. The summed E-state index contributed by atoms with van der Waals surface area (Å²) >= 11 is 0.882. The van der Waals surface area contributed by atoms with Crippen molar-refractivity contribution in [1.82, 2.24) is 5.43 Å². The summed E-state index contributed by atoms with van der Waals surface area (Å²) in [4.78, 5) is 22.7. The fourth-order valence-corrected chi connectivity index (χ4v) is 2.20. The summed E-state index contributed by atoms with van der Waals surface area (Å²) < 4.78 is 18.1. The van der Waals surface area contributed by atoms with Crippen LogP contribution in [-0.4, -0.2) is 23.1 Å². The van der Waals surface area contributed by atoms with E-state index in [0.717, 1.165) is 11.3 Å². The normalized spacial score (nSPS) is 12.1. The van der Waals surface area contributed by atoms with Crippen molar-refractivity contribution < 1.29 is 18.8 Å². The molecule has 1 aromatic heterocycles. The van der Waals surface area contributed by atoms with Crippen molar-refractivity contribution in [2.45, 2.75) is 13.0 Å². The van der Waals surface area contributed by atoms with Crippen LogP contribution >= 0.6 is 11.3 Å².